The number of aromatic nitrogens is 2. The van der Waals surface area contributed by atoms with Crippen LogP contribution in [0.4, 0.5) is 0 Å². The van der Waals surface area contributed by atoms with Crippen LogP contribution in [0.25, 0.3) is 10.9 Å². The van der Waals surface area contributed by atoms with Crippen molar-refractivity contribution in [3.8, 4) is 0 Å². The highest BCUT2D eigenvalue weighted by Gasteiger charge is 2.00. The maximum absolute atomic E-state index is 5.27. The average Bonchev–Trinajstić information content (AvgIpc) is 2.58. The fraction of sp³-hybridized carbons (Fsp3) is 0.100. The number of hydrogen-bond acceptors (Lipinski definition) is 2. The summed E-state index contributed by atoms with van der Waals surface area (Å²) in [6.45, 7) is 0. The fourth-order valence-corrected chi connectivity index (χ4v) is 1.36. The number of allylic oxidation sites excluding steroid dienone is 1. The molecule has 0 aliphatic heterocycles. The maximum Gasteiger partial charge on any atom is 0.0923 e. The molecule has 0 saturated heterocycles. The van der Waals surface area contributed by atoms with E-state index in [1.807, 2.05) is 24.3 Å². The van der Waals surface area contributed by atoms with E-state index < -0.39 is 0 Å². The van der Waals surface area contributed by atoms with Gasteiger partial charge >= 0.3 is 0 Å². The van der Waals surface area contributed by atoms with Crippen LogP contribution < -0.4 is 5.73 Å². The van der Waals surface area contributed by atoms with Crippen LogP contribution in [-0.2, 0) is 6.42 Å². The Hall–Kier alpha value is -1.77. The van der Waals surface area contributed by atoms with Crippen molar-refractivity contribution in [3.05, 3.63) is 42.2 Å². The largest absolute Gasteiger partial charge is 0.405 e. The number of benzene rings is 1. The smallest absolute Gasteiger partial charge is 0.0923 e. The van der Waals surface area contributed by atoms with Crippen molar-refractivity contribution in [3.63, 3.8) is 0 Å². The molecule has 0 aliphatic carbocycles. The summed E-state index contributed by atoms with van der Waals surface area (Å²) >= 11 is 0. The molecule has 0 fully saturated rings. The van der Waals surface area contributed by atoms with Crippen molar-refractivity contribution in [1.82, 2.24) is 10.2 Å². The highest BCUT2D eigenvalue weighted by Crippen LogP contribution is 2.15. The first-order valence-corrected chi connectivity index (χ1v) is 4.20. The van der Waals surface area contributed by atoms with Crippen LogP contribution in [0.1, 0.15) is 5.69 Å². The number of nitrogens with two attached hydrogens (primary N) is 1. The molecule has 2 rings (SSSR count). The van der Waals surface area contributed by atoms with Crippen molar-refractivity contribution in [1.29, 1.82) is 0 Å². The van der Waals surface area contributed by atoms with E-state index in [9.17, 15) is 0 Å². The van der Waals surface area contributed by atoms with Gasteiger partial charge in [0, 0.05) is 17.5 Å². The highest BCUT2D eigenvalue weighted by molar-refractivity contribution is 5.81. The lowest BCUT2D eigenvalue weighted by atomic mass is 10.2. The zero-order valence-corrected chi connectivity index (χ0v) is 7.20. The summed E-state index contributed by atoms with van der Waals surface area (Å²) in [4.78, 5) is 0. The molecular formula is C10H11N3. The normalized spacial score (nSPS) is 11.4. The van der Waals surface area contributed by atoms with Crippen molar-refractivity contribution >= 4 is 10.9 Å². The molecule has 0 aliphatic rings. The van der Waals surface area contributed by atoms with Gasteiger partial charge in [-0.3, -0.25) is 5.10 Å². The highest BCUT2D eigenvalue weighted by atomic mass is 15.1. The Kier molecular flexibility index (Phi) is 2.00. The number of nitrogens with zero attached hydrogens (tertiary/aromatic N) is 1. The Balaban J connectivity index is 2.45. The molecule has 2 aromatic rings. The Morgan fingerprint density at radius 2 is 2.23 bits per heavy atom. The van der Waals surface area contributed by atoms with E-state index in [4.69, 9.17) is 5.73 Å². The van der Waals surface area contributed by atoms with Gasteiger partial charge in [-0.1, -0.05) is 24.3 Å². The molecule has 0 spiro atoms. The van der Waals surface area contributed by atoms with Crippen molar-refractivity contribution in [2.75, 3.05) is 0 Å². The topological polar surface area (TPSA) is 54.7 Å². The molecular weight excluding hydrogens is 162 g/mol. The molecule has 1 aromatic carbocycles. The number of para-hydroxylation sites is 1. The number of aromatic amines is 1. The zero-order chi connectivity index (χ0) is 9.10. The third kappa shape index (κ3) is 1.40. The minimum atomic E-state index is 0.803. The molecule has 13 heavy (non-hydrogen) atoms. The molecule has 0 amide bonds. The summed E-state index contributed by atoms with van der Waals surface area (Å²) in [7, 11) is 0. The molecule has 66 valence electrons. The van der Waals surface area contributed by atoms with Gasteiger partial charge in [-0.2, -0.15) is 5.10 Å². The first kappa shape index (κ1) is 7.86. The number of hydrogen-bond donors (Lipinski definition) is 2. The molecule has 0 radical (unpaired) electrons. The second kappa shape index (κ2) is 3.31. The summed E-state index contributed by atoms with van der Waals surface area (Å²) in [5.41, 5.74) is 7.39. The van der Waals surface area contributed by atoms with E-state index in [1.165, 1.54) is 5.39 Å². The van der Waals surface area contributed by atoms with Gasteiger partial charge < -0.3 is 5.73 Å². The monoisotopic (exact) mass is 173 g/mol. The predicted octanol–water partition coefficient (Wildman–Crippen LogP) is 1.58. The Bertz CT molecular complexity index is 428. The van der Waals surface area contributed by atoms with Gasteiger partial charge in [-0.05, 0) is 12.3 Å². The molecule has 1 heterocycles. The predicted molar refractivity (Wildman–Crippen MR) is 53.1 cm³/mol. The average molecular weight is 173 g/mol. The lowest BCUT2D eigenvalue weighted by Crippen LogP contribution is -1.84. The Labute approximate surface area is 76.3 Å². The van der Waals surface area contributed by atoms with Crippen molar-refractivity contribution < 1.29 is 0 Å². The molecule has 3 nitrogen and oxygen atoms in total. The number of H-pyrrole nitrogens is 1. The first-order chi connectivity index (χ1) is 6.42. The van der Waals surface area contributed by atoms with E-state index in [0.29, 0.717) is 0 Å². The van der Waals surface area contributed by atoms with E-state index in [0.717, 1.165) is 17.6 Å². The molecule has 0 bridgehead atoms. The minimum Gasteiger partial charge on any atom is -0.405 e. The zero-order valence-electron chi connectivity index (χ0n) is 7.20. The van der Waals surface area contributed by atoms with Gasteiger partial charge in [0.25, 0.3) is 0 Å². The fourth-order valence-electron chi connectivity index (χ4n) is 1.36. The van der Waals surface area contributed by atoms with E-state index in [2.05, 4.69) is 16.3 Å². The number of nitrogens with one attached hydrogen (secondary N) is 1. The van der Waals surface area contributed by atoms with Crippen molar-refractivity contribution in [2.45, 2.75) is 6.42 Å². The third-order valence-electron chi connectivity index (χ3n) is 2.00. The van der Waals surface area contributed by atoms with E-state index >= 15 is 0 Å². The summed E-state index contributed by atoms with van der Waals surface area (Å²) in [6.07, 6.45) is 4.26. The van der Waals surface area contributed by atoms with Crippen LogP contribution in [0, 0.1) is 0 Å². The first-order valence-electron chi connectivity index (χ1n) is 4.20. The second-order valence-corrected chi connectivity index (χ2v) is 2.85. The number of fused-ring (bicyclic) bond motifs is 1. The summed E-state index contributed by atoms with van der Waals surface area (Å²) < 4.78 is 0. The van der Waals surface area contributed by atoms with Gasteiger partial charge in [0.1, 0.15) is 0 Å². The quantitative estimate of drug-likeness (QED) is 0.724. The SMILES string of the molecule is NC=CCc1[nH]nc2ccccc12. The Morgan fingerprint density at radius 3 is 3.08 bits per heavy atom. The minimum absolute atomic E-state index is 0.803. The summed E-state index contributed by atoms with van der Waals surface area (Å²) in [5.74, 6) is 0. The summed E-state index contributed by atoms with van der Waals surface area (Å²) in [5, 5.41) is 8.33. The molecule has 3 heteroatoms. The van der Waals surface area contributed by atoms with Crippen molar-refractivity contribution in [2.24, 2.45) is 5.73 Å². The number of rotatable bonds is 2. The molecule has 3 N–H and O–H groups in total. The van der Waals surface area contributed by atoms with E-state index in [-0.39, 0.29) is 0 Å². The van der Waals surface area contributed by atoms with Crippen LogP contribution in [0.5, 0.6) is 0 Å². The van der Waals surface area contributed by atoms with Gasteiger partial charge in [0.2, 0.25) is 0 Å². The lowest BCUT2D eigenvalue weighted by Gasteiger charge is -1.90. The summed E-state index contributed by atoms with van der Waals surface area (Å²) in [6, 6.07) is 8.03. The third-order valence-corrected chi connectivity index (χ3v) is 2.00. The van der Waals surface area contributed by atoms with Gasteiger partial charge in [0.15, 0.2) is 0 Å². The van der Waals surface area contributed by atoms with Gasteiger partial charge in [0.05, 0.1) is 5.52 Å². The van der Waals surface area contributed by atoms with E-state index in [1.54, 1.807) is 6.20 Å². The molecule has 0 atom stereocenters. The van der Waals surface area contributed by atoms with Crippen LogP contribution in [-0.4, -0.2) is 10.2 Å². The van der Waals surface area contributed by atoms with Gasteiger partial charge in [-0.15, -0.1) is 0 Å². The Morgan fingerprint density at radius 1 is 1.38 bits per heavy atom. The lowest BCUT2D eigenvalue weighted by molar-refractivity contribution is 1.03. The standard InChI is InChI=1S/C10H11N3/c11-7-3-6-10-8-4-1-2-5-9(8)12-13-10/h1-5,7H,6,11H2,(H,12,13). The van der Waals surface area contributed by atoms with Crippen LogP contribution >= 0.6 is 0 Å². The maximum atomic E-state index is 5.27. The van der Waals surface area contributed by atoms with Gasteiger partial charge in [-0.25, -0.2) is 0 Å². The van der Waals surface area contributed by atoms with Crippen LogP contribution in [0.2, 0.25) is 0 Å². The second-order valence-electron chi connectivity index (χ2n) is 2.85. The van der Waals surface area contributed by atoms with Crippen LogP contribution in [0.15, 0.2) is 36.5 Å². The van der Waals surface area contributed by atoms with Crippen LogP contribution in [0.3, 0.4) is 0 Å². The molecule has 0 unspecified atom stereocenters. The molecule has 1 aromatic heterocycles. The molecule has 0 saturated carbocycles.